The summed E-state index contributed by atoms with van der Waals surface area (Å²) in [5, 5.41) is 23.5. The molecule has 6 nitrogen and oxygen atoms in total. The maximum absolute atomic E-state index is 11.6. The third-order valence-electron chi connectivity index (χ3n) is 2.81. The largest absolute Gasteiger partial charge is 0.506 e. The Morgan fingerprint density at radius 1 is 1.20 bits per heavy atom. The summed E-state index contributed by atoms with van der Waals surface area (Å²) in [6.45, 7) is 2.68. The number of rotatable bonds is 7. The molecule has 20 heavy (non-hydrogen) atoms. The number of carbonyl (C=O) groups is 2. The van der Waals surface area contributed by atoms with E-state index < -0.39 is 12.0 Å². The number of hydrogen-bond donors (Lipinski definition) is 4. The van der Waals surface area contributed by atoms with Crippen molar-refractivity contribution < 1.29 is 19.8 Å². The fourth-order valence-corrected chi connectivity index (χ4v) is 1.69. The van der Waals surface area contributed by atoms with Crippen molar-refractivity contribution in [3.63, 3.8) is 0 Å². The zero-order valence-corrected chi connectivity index (χ0v) is 11.5. The van der Waals surface area contributed by atoms with Gasteiger partial charge in [0.25, 0.3) is 0 Å². The van der Waals surface area contributed by atoms with Crippen LogP contribution in [0.25, 0.3) is 0 Å². The smallest absolute Gasteiger partial charge is 0.335 e. The Labute approximate surface area is 117 Å². The second-order valence-corrected chi connectivity index (χ2v) is 4.48. The van der Waals surface area contributed by atoms with Crippen LogP contribution >= 0.6 is 0 Å². The number of phenols is 1. The Bertz CT molecular complexity index is 474. The van der Waals surface area contributed by atoms with Crippen LogP contribution in [0.4, 0.5) is 10.5 Å². The van der Waals surface area contributed by atoms with Gasteiger partial charge in [0.05, 0.1) is 11.3 Å². The lowest BCUT2D eigenvalue weighted by atomic mass is 10.2. The third kappa shape index (κ3) is 5.17. The first kappa shape index (κ1) is 15.8. The molecule has 6 heteroatoms. The van der Waals surface area contributed by atoms with Gasteiger partial charge in [-0.15, -0.1) is 0 Å². The van der Waals surface area contributed by atoms with Crippen molar-refractivity contribution in [2.24, 2.45) is 0 Å². The van der Waals surface area contributed by atoms with E-state index in [1.54, 1.807) is 0 Å². The lowest BCUT2D eigenvalue weighted by Crippen LogP contribution is -2.29. The van der Waals surface area contributed by atoms with Gasteiger partial charge in [-0.25, -0.2) is 9.59 Å². The predicted octanol–water partition coefficient (Wildman–Crippen LogP) is 2.79. The summed E-state index contributed by atoms with van der Waals surface area (Å²) in [5.74, 6) is -1.40. The Kier molecular flexibility index (Phi) is 6.36. The number of aromatic hydroxyl groups is 1. The van der Waals surface area contributed by atoms with Crippen LogP contribution in [0.2, 0.25) is 0 Å². The molecule has 0 heterocycles. The van der Waals surface area contributed by atoms with Crippen LogP contribution in [-0.4, -0.2) is 28.8 Å². The molecule has 4 N–H and O–H groups in total. The van der Waals surface area contributed by atoms with E-state index in [1.165, 1.54) is 12.1 Å². The molecule has 1 aromatic rings. The SMILES string of the molecule is CCCCCCNC(=O)Nc1ccc(C(=O)O)cc1O. The highest BCUT2D eigenvalue weighted by Crippen LogP contribution is 2.24. The summed E-state index contributed by atoms with van der Waals surface area (Å²) in [6, 6.07) is 3.35. The molecule has 1 aromatic carbocycles. The molecule has 0 aliphatic rings. The van der Waals surface area contributed by atoms with Crippen molar-refractivity contribution in [1.82, 2.24) is 5.32 Å². The van der Waals surface area contributed by atoms with Gasteiger partial charge >= 0.3 is 12.0 Å². The number of amides is 2. The average molecular weight is 280 g/mol. The van der Waals surface area contributed by atoms with E-state index in [0.717, 1.165) is 31.7 Å². The van der Waals surface area contributed by atoms with E-state index in [9.17, 15) is 14.7 Å². The number of carbonyl (C=O) groups excluding carboxylic acids is 1. The van der Waals surface area contributed by atoms with Gasteiger partial charge in [0, 0.05) is 6.54 Å². The number of aromatic carboxylic acids is 1. The van der Waals surface area contributed by atoms with Gasteiger partial charge in [0.1, 0.15) is 5.75 Å². The number of carboxylic acids is 1. The van der Waals surface area contributed by atoms with E-state index in [4.69, 9.17) is 5.11 Å². The molecule has 0 fully saturated rings. The first-order valence-electron chi connectivity index (χ1n) is 6.65. The van der Waals surface area contributed by atoms with Crippen molar-refractivity contribution in [3.8, 4) is 5.75 Å². The monoisotopic (exact) mass is 280 g/mol. The number of phenolic OH excluding ortho intramolecular Hbond substituents is 1. The Hall–Kier alpha value is -2.24. The average Bonchev–Trinajstić information content (AvgIpc) is 2.40. The normalized spacial score (nSPS) is 10.1. The molecule has 110 valence electrons. The van der Waals surface area contributed by atoms with E-state index in [2.05, 4.69) is 17.6 Å². The molecule has 0 spiro atoms. The summed E-state index contributed by atoms with van der Waals surface area (Å²) in [4.78, 5) is 22.3. The van der Waals surface area contributed by atoms with Crippen LogP contribution in [0.3, 0.4) is 0 Å². The fourth-order valence-electron chi connectivity index (χ4n) is 1.69. The summed E-state index contributed by atoms with van der Waals surface area (Å²) in [6.07, 6.45) is 4.25. The topological polar surface area (TPSA) is 98.7 Å². The van der Waals surface area contributed by atoms with Gasteiger partial charge in [-0.3, -0.25) is 0 Å². The van der Waals surface area contributed by atoms with Crippen molar-refractivity contribution >= 4 is 17.7 Å². The second-order valence-electron chi connectivity index (χ2n) is 4.48. The van der Waals surface area contributed by atoms with Crippen LogP contribution in [-0.2, 0) is 0 Å². The molecular formula is C14H20N2O4. The predicted molar refractivity (Wildman–Crippen MR) is 76.2 cm³/mol. The molecule has 0 aliphatic carbocycles. The highest BCUT2D eigenvalue weighted by atomic mass is 16.4. The van der Waals surface area contributed by atoms with Crippen molar-refractivity contribution in [2.45, 2.75) is 32.6 Å². The number of anilines is 1. The molecule has 0 atom stereocenters. The lowest BCUT2D eigenvalue weighted by molar-refractivity contribution is 0.0696. The lowest BCUT2D eigenvalue weighted by Gasteiger charge is -2.09. The van der Waals surface area contributed by atoms with Crippen molar-refractivity contribution in [2.75, 3.05) is 11.9 Å². The molecule has 0 aromatic heterocycles. The highest BCUT2D eigenvalue weighted by molar-refractivity contribution is 5.93. The second kappa shape index (κ2) is 8.04. The summed E-state index contributed by atoms with van der Waals surface area (Å²) in [5.41, 5.74) is 0.147. The van der Waals surface area contributed by atoms with Crippen LogP contribution in [0, 0.1) is 0 Å². The number of benzene rings is 1. The fraction of sp³-hybridized carbons (Fsp3) is 0.429. The number of nitrogens with one attached hydrogen (secondary N) is 2. The van der Waals surface area contributed by atoms with Gasteiger partial charge < -0.3 is 20.8 Å². The Balaban J connectivity index is 2.44. The van der Waals surface area contributed by atoms with Crippen LogP contribution in [0.1, 0.15) is 43.0 Å². The molecule has 0 saturated carbocycles. The summed E-state index contributed by atoms with van der Waals surface area (Å²) in [7, 11) is 0. The van der Waals surface area contributed by atoms with Crippen molar-refractivity contribution in [3.05, 3.63) is 23.8 Å². The van der Waals surface area contributed by atoms with Gasteiger partial charge in [-0.2, -0.15) is 0 Å². The minimum absolute atomic E-state index is 0.0342. The van der Waals surface area contributed by atoms with Gasteiger partial charge in [0.2, 0.25) is 0 Å². The van der Waals surface area contributed by atoms with Gasteiger partial charge in [0.15, 0.2) is 0 Å². The zero-order chi connectivity index (χ0) is 15.0. The Morgan fingerprint density at radius 2 is 1.95 bits per heavy atom. The molecule has 0 radical (unpaired) electrons. The third-order valence-corrected chi connectivity index (χ3v) is 2.81. The van der Waals surface area contributed by atoms with Crippen LogP contribution in [0.5, 0.6) is 5.75 Å². The first-order valence-corrected chi connectivity index (χ1v) is 6.65. The quantitative estimate of drug-likeness (QED) is 0.456. The van der Waals surface area contributed by atoms with E-state index in [0.29, 0.717) is 6.54 Å². The van der Waals surface area contributed by atoms with E-state index in [1.807, 2.05) is 0 Å². The molecule has 1 rings (SSSR count). The first-order chi connectivity index (χ1) is 9.54. The summed E-state index contributed by atoms with van der Waals surface area (Å²) < 4.78 is 0. The Morgan fingerprint density at radius 3 is 2.55 bits per heavy atom. The zero-order valence-electron chi connectivity index (χ0n) is 11.5. The van der Waals surface area contributed by atoms with Gasteiger partial charge in [-0.1, -0.05) is 26.2 Å². The van der Waals surface area contributed by atoms with Gasteiger partial charge in [-0.05, 0) is 24.6 Å². The summed E-state index contributed by atoms with van der Waals surface area (Å²) >= 11 is 0. The number of hydrogen-bond acceptors (Lipinski definition) is 3. The van der Waals surface area contributed by atoms with Crippen LogP contribution < -0.4 is 10.6 Å². The number of carboxylic acid groups (broad SMARTS) is 1. The number of unbranched alkanes of at least 4 members (excludes halogenated alkanes) is 3. The minimum atomic E-state index is -1.13. The molecule has 0 unspecified atom stereocenters. The number of urea groups is 1. The molecule has 2 amide bonds. The molecule has 0 aliphatic heterocycles. The molecular weight excluding hydrogens is 260 g/mol. The molecule has 0 bridgehead atoms. The van der Waals surface area contributed by atoms with Crippen LogP contribution in [0.15, 0.2) is 18.2 Å². The standard InChI is InChI=1S/C14H20N2O4/c1-2-3-4-5-8-15-14(20)16-11-7-6-10(13(18)19)9-12(11)17/h6-7,9,17H,2-5,8H2,1H3,(H,18,19)(H2,15,16,20). The molecule has 0 saturated heterocycles. The van der Waals surface area contributed by atoms with Crippen molar-refractivity contribution in [1.29, 1.82) is 0 Å². The van der Waals surface area contributed by atoms with E-state index in [-0.39, 0.29) is 17.0 Å². The minimum Gasteiger partial charge on any atom is -0.506 e. The highest BCUT2D eigenvalue weighted by Gasteiger charge is 2.09. The maximum atomic E-state index is 11.6. The maximum Gasteiger partial charge on any atom is 0.335 e. The van der Waals surface area contributed by atoms with E-state index >= 15 is 0 Å².